The minimum absolute atomic E-state index is 0.729. The second-order valence-electron chi connectivity index (χ2n) is 2.29. The van der Waals surface area contributed by atoms with Crippen LogP contribution in [-0.4, -0.2) is 38.5 Å². The van der Waals surface area contributed by atoms with Gasteiger partial charge in [0.25, 0.3) is 0 Å². The smallest absolute Gasteiger partial charge is 0.413 e. The van der Waals surface area contributed by atoms with Crippen LogP contribution in [-0.2, 0) is 13.0 Å². The first kappa shape index (κ1) is 12.7. The third kappa shape index (κ3) is 6.21. The Hall–Kier alpha value is 0.664. The number of rotatable bonds is 7. The molecule has 0 rings (SSSR count). The number of hydrogen-bond acceptors (Lipinski definition) is 4. The van der Waals surface area contributed by atoms with Gasteiger partial charge in [0.1, 0.15) is 0 Å². The molecule has 6 heteroatoms. The zero-order chi connectivity index (χ0) is 9.40. The fraction of sp³-hybridized carbons (Fsp3) is 1.00. The molecular weight excluding hydrogens is 208 g/mol. The fourth-order valence-electron chi connectivity index (χ4n) is 0.688. The summed E-state index contributed by atoms with van der Waals surface area (Å²) in [6.07, 6.45) is 1.11. The van der Waals surface area contributed by atoms with Crippen molar-refractivity contribution in [2.24, 2.45) is 0 Å². The monoisotopic (exact) mass is 224 g/mol. The largest absolute Gasteiger partial charge is 0.565 e. The SMILES string of the molecule is CO[Si](OC)O[Si](C)CCCS. The second kappa shape index (κ2) is 8.27. The van der Waals surface area contributed by atoms with Gasteiger partial charge in [-0.15, -0.1) is 0 Å². The lowest BCUT2D eigenvalue weighted by molar-refractivity contribution is 0.202. The molecule has 72 valence electrons. The average Bonchev–Trinajstić information content (AvgIpc) is 2.10. The maximum absolute atomic E-state index is 5.58. The molecule has 2 radical (unpaired) electrons. The van der Waals surface area contributed by atoms with E-state index in [0.29, 0.717) is 0 Å². The van der Waals surface area contributed by atoms with Crippen LogP contribution >= 0.6 is 12.6 Å². The van der Waals surface area contributed by atoms with Crippen molar-refractivity contribution >= 4 is 31.2 Å². The van der Waals surface area contributed by atoms with Gasteiger partial charge in [0.05, 0.1) is 0 Å². The highest BCUT2D eigenvalue weighted by Crippen LogP contribution is 2.02. The molecule has 0 fully saturated rings. The molecule has 3 nitrogen and oxygen atoms in total. The zero-order valence-electron chi connectivity index (χ0n) is 7.79. The van der Waals surface area contributed by atoms with E-state index in [-0.39, 0.29) is 0 Å². The number of thiol groups is 1. The molecule has 0 saturated heterocycles. The van der Waals surface area contributed by atoms with Gasteiger partial charge in [0, 0.05) is 14.2 Å². The summed E-state index contributed by atoms with van der Waals surface area (Å²) < 4.78 is 15.6. The van der Waals surface area contributed by atoms with E-state index in [2.05, 4.69) is 19.2 Å². The van der Waals surface area contributed by atoms with E-state index in [4.69, 9.17) is 13.0 Å². The van der Waals surface area contributed by atoms with Crippen LogP contribution in [0.5, 0.6) is 0 Å². The van der Waals surface area contributed by atoms with E-state index >= 15 is 0 Å². The van der Waals surface area contributed by atoms with Crippen LogP contribution in [0.2, 0.25) is 12.6 Å². The molecule has 0 aliphatic heterocycles. The highest BCUT2D eigenvalue weighted by Gasteiger charge is 2.19. The van der Waals surface area contributed by atoms with Crippen molar-refractivity contribution in [3.8, 4) is 0 Å². The zero-order valence-corrected chi connectivity index (χ0v) is 10.7. The van der Waals surface area contributed by atoms with E-state index in [1.807, 2.05) is 0 Å². The van der Waals surface area contributed by atoms with Crippen LogP contribution in [0.25, 0.3) is 0 Å². The van der Waals surface area contributed by atoms with Crippen LogP contribution in [0.15, 0.2) is 0 Å². The Labute approximate surface area is 83.5 Å². The van der Waals surface area contributed by atoms with E-state index < -0.39 is 18.6 Å². The van der Waals surface area contributed by atoms with Gasteiger partial charge in [-0.05, 0) is 24.8 Å². The molecule has 0 heterocycles. The summed E-state index contributed by atoms with van der Waals surface area (Å²) in [6.45, 7) is 2.12. The molecule has 0 unspecified atom stereocenters. The minimum atomic E-state index is -1.43. The first-order valence-electron chi connectivity index (χ1n) is 3.80. The van der Waals surface area contributed by atoms with Crippen LogP contribution in [0.3, 0.4) is 0 Å². The number of hydrogen-bond donors (Lipinski definition) is 1. The highest BCUT2D eigenvalue weighted by molar-refractivity contribution is 7.80. The average molecular weight is 224 g/mol. The Bertz CT molecular complexity index is 103. The van der Waals surface area contributed by atoms with Crippen molar-refractivity contribution in [3.63, 3.8) is 0 Å². The van der Waals surface area contributed by atoms with Gasteiger partial charge < -0.3 is 13.0 Å². The molecule has 0 saturated carbocycles. The van der Waals surface area contributed by atoms with Gasteiger partial charge in [0.15, 0.2) is 9.04 Å². The lowest BCUT2D eigenvalue weighted by atomic mass is 10.6. The van der Waals surface area contributed by atoms with Crippen molar-refractivity contribution in [3.05, 3.63) is 0 Å². The third-order valence-electron chi connectivity index (χ3n) is 1.28. The van der Waals surface area contributed by atoms with E-state index in [1.165, 1.54) is 0 Å². The van der Waals surface area contributed by atoms with Crippen LogP contribution in [0, 0.1) is 0 Å². The summed E-state index contributed by atoms with van der Waals surface area (Å²) in [4.78, 5) is 0. The quantitative estimate of drug-likeness (QED) is 0.520. The summed E-state index contributed by atoms with van der Waals surface area (Å²) in [5, 5.41) is 0. The lowest BCUT2D eigenvalue weighted by Crippen LogP contribution is -2.31. The summed E-state index contributed by atoms with van der Waals surface area (Å²) in [5.74, 6) is 0.924. The maximum atomic E-state index is 5.58. The molecule has 0 N–H and O–H groups in total. The molecule has 0 aliphatic rings. The Morgan fingerprint density at radius 1 is 1.25 bits per heavy atom. The first-order valence-corrected chi connectivity index (χ1v) is 7.78. The van der Waals surface area contributed by atoms with Gasteiger partial charge in [-0.2, -0.15) is 12.6 Å². The molecule has 0 spiro atoms. The standard InChI is InChI=1S/C6H16O3SSi2/c1-7-12(8-2)9-11(3)6-4-5-10/h10H,4-6H2,1-3H3. The Kier molecular flexibility index (Phi) is 8.73. The van der Waals surface area contributed by atoms with Crippen molar-refractivity contribution < 1.29 is 13.0 Å². The molecule has 0 amide bonds. The molecule has 12 heavy (non-hydrogen) atoms. The second-order valence-corrected chi connectivity index (χ2v) is 6.77. The van der Waals surface area contributed by atoms with Crippen LogP contribution in [0.4, 0.5) is 0 Å². The van der Waals surface area contributed by atoms with Gasteiger partial charge >= 0.3 is 9.53 Å². The van der Waals surface area contributed by atoms with Gasteiger partial charge in [0.2, 0.25) is 0 Å². The van der Waals surface area contributed by atoms with Crippen molar-refractivity contribution in [1.82, 2.24) is 0 Å². The molecule has 0 bridgehead atoms. The summed E-state index contributed by atoms with van der Waals surface area (Å²) in [6, 6.07) is 1.11. The highest BCUT2D eigenvalue weighted by atomic mass is 32.1. The fourth-order valence-corrected chi connectivity index (χ4v) is 4.20. The Morgan fingerprint density at radius 2 is 1.83 bits per heavy atom. The third-order valence-corrected chi connectivity index (χ3v) is 5.38. The maximum Gasteiger partial charge on any atom is 0.565 e. The van der Waals surface area contributed by atoms with Crippen LogP contribution in [0.1, 0.15) is 6.42 Å². The molecular formula is C6H16O3SSi2. The van der Waals surface area contributed by atoms with Gasteiger partial charge in [-0.1, -0.05) is 0 Å². The Morgan fingerprint density at radius 3 is 2.25 bits per heavy atom. The van der Waals surface area contributed by atoms with E-state index in [0.717, 1.165) is 18.2 Å². The van der Waals surface area contributed by atoms with Crippen molar-refractivity contribution in [2.75, 3.05) is 20.0 Å². The Balaban J connectivity index is 3.44. The molecule has 0 aliphatic carbocycles. The summed E-state index contributed by atoms with van der Waals surface area (Å²) in [7, 11) is 1.07. The molecule has 0 aromatic heterocycles. The summed E-state index contributed by atoms with van der Waals surface area (Å²) >= 11 is 4.14. The van der Waals surface area contributed by atoms with E-state index in [1.54, 1.807) is 14.2 Å². The van der Waals surface area contributed by atoms with E-state index in [9.17, 15) is 0 Å². The normalized spacial score (nSPS) is 11.5. The predicted octanol–water partition coefficient (Wildman–Crippen LogP) is 1.22. The summed E-state index contributed by atoms with van der Waals surface area (Å²) in [5.41, 5.74) is 0. The molecule has 0 atom stereocenters. The van der Waals surface area contributed by atoms with Crippen LogP contribution < -0.4 is 0 Å². The molecule has 0 aromatic carbocycles. The first-order chi connectivity index (χ1) is 5.74. The van der Waals surface area contributed by atoms with Crippen molar-refractivity contribution in [2.45, 2.75) is 19.0 Å². The van der Waals surface area contributed by atoms with Gasteiger partial charge in [-0.3, -0.25) is 0 Å². The van der Waals surface area contributed by atoms with Crippen molar-refractivity contribution in [1.29, 1.82) is 0 Å². The topological polar surface area (TPSA) is 27.7 Å². The van der Waals surface area contributed by atoms with Gasteiger partial charge in [-0.25, -0.2) is 0 Å². The predicted molar refractivity (Wildman–Crippen MR) is 55.8 cm³/mol. The minimum Gasteiger partial charge on any atom is -0.413 e. The lowest BCUT2D eigenvalue weighted by Gasteiger charge is -2.14. The molecule has 0 aromatic rings.